The van der Waals surface area contributed by atoms with Crippen LogP contribution in [0.3, 0.4) is 0 Å². The topological polar surface area (TPSA) is 91.3 Å². The first-order valence-electron chi connectivity index (χ1n) is 13.8. The van der Waals surface area contributed by atoms with Crippen LogP contribution < -0.4 is 16.0 Å². The number of aromatic nitrogens is 2. The third-order valence-electron chi connectivity index (χ3n) is 7.11. The van der Waals surface area contributed by atoms with Gasteiger partial charge in [-0.25, -0.2) is 4.68 Å². The van der Waals surface area contributed by atoms with Crippen LogP contribution in [0.4, 0.5) is 17.2 Å². The number of aryl methyl sites for hydroxylation is 3. The van der Waals surface area contributed by atoms with Crippen molar-refractivity contribution in [1.29, 1.82) is 0 Å². The fourth-order valence-electron chi connectivity index (χ4n) is 4.80. The lowest BCUT2D eigenvalue weighted by Gasteiger charge is -2.42. The van der Waals surface area contributed by atoms with E-state index < -0.39 is 0 Å². The summed E-state index contributed by atoms with van der Waals surface area (Å²) >= 11 is 0. The number of hydrogen-bond acceptors (Lipinski definition) is 5. The van der Waals surface area contributed by atoms with Gasteiger partial charge in [-0.3, -0.25) is 14.5 Å². The molecule has 2 heterocycles. The van der Waals surface area contributed by atoms with E-state index in [2.05, 4.69) is 62.4 Å². The van der Waals surface area contributed by atoms with Crippen molar-refractivity contribution in [3.63, 3.8) is 0 Å². The van der Waals surface area contributed by atoms with Gasteiger partial charge < -0.3 is 16.0 Å². The molecule has 2 aromatic carbocycles. The molecule has 39 heavy (non-hydrogen) atoms. The van der Waals surface area contributed by atoms with Crippen molar-refractivity contribution in [3.05, 3.63) is 70.9 Å². The molecule has 1 aromatic heterocycles. The van der Waals surface area contributed by atoms with Crippen LogP contribution in [0.15, 0.2) is 48.5 Å². The number of hydrogen-bond donors (Lipinski definition) is 3. The smallest absolute Gasteiger partial charge is 0.256 e. The first-order chi connectivity index (χ1) is 18.4. The number of anilines is 3. The molecule has 3 N–H and O–H groups in total. The van der Waals surface area contributed by atoms with Gasteiger partial charge in [-0.1, -0.05) is 6.07 Å². The summed E-state index contributed by atoms with van der Waals surface area (Å²) in [7, 11) is 0. The number of rotatable bonds is 9. The van der Waals surface area contributed by atoms with Gasteiger partial charge in [-0.15, -0.1) is 0 Å². The summed E-state index contributed by atoms with van der Waals surface area (Å²) in [6.07, 6.45) is 1.49. The molecular formula is C31H42N6O2. The van der Waals surface area contributed by atoms with E-state index in [1.165, 1.54) is 12.5 Å². The summed E-state index contributed by atoms with van der Waals surface area (Å²) < 4.78 is 1.88. The Labute approximate surface area is 232 Å². The molecule has 4 rings (SSSR count). The van der Waals surface area contributed by atoms with Gasteiger partial charge in [-0.05, 0) is 102 Å². The Hall–Kier alpha value is -3.65. The Morgan fingerprint density at radius 1 is 0.974 bits per heavy atom. The van der Waals surface area contributed by atoms with Crippen LogP contribution in [0.1, 0.15) is 68.7 Å². The molecule has 2 amide bonds. The molecular weight excluding hydrogens is 488 g/mol. The van der Waals surface area contributed by atoms with Crippen molar-refractivity contribution in [2.75, 3.05) is 29.0 Å². The van der Waals surface area contributed by atoms with Crippen LogP contribution in [-0.2, 0) is 23.2 Å². The van der Waals surface area contributed by atoms with Gasteiger partial charge >= 0.3 is 0 Å². The average Bonchev–Trinajstić information content (AvgIpc) is 3.24. The summed E-state index contributed by atoms with van der Waals surface area (Å²) in [5, 5.41) is 14.3. The number of nitrogens with zero attached hydrogens (tertiary/aromatic N) is 3. The van der Waals surface area contributed by atoms with Crippen LogP contribution in [0.2, 0.25) is 0 Å². The van der Waals surface area contributed by atoms with Crippen LogP contribution in [0, 0.1) is 6.92 Å². The molecule has 0 unspecified atom stereocenters. The molecule has 0 aliphatic carbocycles. The van der Waals surface area contributed by atoms with E-state index >= 15 is 0 Å². The molecule has 0 bridgehead atoms. The molecule has 1 aliphatic heterocycles. The molecule has 1 aliphatic rings. The lowest BCUT2D eigenvalue weighted by atomic mass is 10.0. The van der Waals surface area contributed by atoms with Crippen molar-refractivity contribution >= 4 is 29.0 Å². The monoisotopic (exact) mass is 530 g/mol. The Balaban J connectivity index is 1.42. The largest absolute Gasteiger partial charge is 0.380 e. The quantitative estimate of drug-likeness (QED) is 0.342. The van der Waals surface area contributed by atoms with Gasteiger partial charge in [0.2, 0.25) is 5.91 Å². The molecule has 0 spiro atoms. The zero-order valence-corrected chi connectivity index (χ0v) is 24.3. The highest BCUT2D eigenvalue weighted by Crippen LogP contribution is 2.25. The highest BCUT2D eigenvalue weighted by atomic mass is 16.2. The number of amides is 2. The number of likely N-dealkylation sites (tertiary alicyclic amines) is 1. The summed E-state index contributed by atoms with van der Waals surface area (Å²) in [6.45, 7) is 16.3. The Morgan fingerprint density at radius 3 is 2.26 bits per heavy atom. The normalized spacial score (nSPS) is 14.3. The zero-order chi connectivity index (χ0) is 28.3. The van der Waals surface area contributed by atoms with Gasteiger partial charge in [-0.2, -0.15) is 5.10 Å². The van der Waals surface area contributed by atoms with Crippen molar-refractivity contribution in [1.82, 2.24) is 14.7 Å². The maximum absolute atomic E-state index is 13.2. The fraction of sp³-hybridized carbons (Fsp3) is 0.452. The standard InChI is InChI=1S/C31H42N6O2/c1-20(2)36-18-28(19-36)33-25-13-9-23(10-14-25)30(39)34-29-17-27(35-37(29)31(5,6)7)15-11-24-16-26(32-22(4)38)12-8-21(24)3/h8-10,12-14,16-17,20,28,33H,11,15,18-19H2,1-7H3,(H,32,38)(H,34,39). The maximum atomic E-state index is 13.2. The predicted molar refractivity (Wildman–Crippen MR) is 159 cm³/mol. The minimum atomic E-state index is -0.303. The van der Waals surface area contributed by atoms with Crippen LogP contribution >= 0.6 is 0 Å². The second-order valence-corrected chi connectivity index (χ2v) is 11.8. The molecule has 0 saturated carbocycles. The van der Waals surface area contributed by atoms with Gasteiger partial charge in [0.25, 0.3) is 5.91 Å². The summed E-state index contributed by atoms with van der Waals surface area (Å²) in [5.41, 5.74) is 5.35. The molecule has 0 atom stereocenters. The molecule has 1 saturated heterocycles. The van der Waals surface area contributed by atoms with Gasteiger partial charge in [0.15, 0.2) is 0 Å². The molecule has 1 fully saturated rings. The predicted octanol–water partition coefficient (Wildman–Crippen LogP) is 5.45. The molecule has 8 nitrogen and oxygen atoms in total. The number of carbonyl (C=O) groups is 2. The van der Waals surface area contributed by atoms with Gasteiger partial charge in [0.1, 0.15) is 5.82 Å². The number of nitrogens with one attached hydrogen (secondary N) is 3. The maximum Gasteiger partial charge on any atom is 0.256 e. The van der Waals surface area contributed by atoms with Crippen LogP contribution in [0.5, 0.6) is 0 Å². The van der Waals surface area contributed by atoms with Gasteiger partial charge in [0, 0.05) is 49.1 Å². The molecule has 8 heteroatoms. The van der Waals surface area contributed by atoms with Crippen molar-refractivity contribution in [2.45, 2.75) is 78.9 Å². The number of carbonyl (C=O) groups excluding carboxylic acids is 2. The Bertz CT molecular complexity index is 1310. The Morgan fingerprint density at radius 2 is 1.64 bits per heavy atom. The molecule has 208 valence electrons. The number of benzene rings is 2. The highest BCUT2D eigenvalue weighted by molar-refractivity contribution is 6.04. The van der Waals surface area contributed by atoms with E-state index in [-0.39, 0.29) is 17.4 Å². The van der Waals surface area contributed by atoms with Crippen molar-refractivity contribution < 1.29 is 9.59 Å². The minimum absolute atomic E-state index is 0.0867. The fourth-order valence-corrected chi connectivity index (χ4v) is 4.80. The first-order valence-corrected chi connectivity index (χ1v) is 13.8. The van der Waals surface area contributed by atoms with E-state index in [9.17, 15) is 9.59 Å². The third kappa shape index (κ3) is 7.26. The minimum Gasteiger partial charge on any atom is -0.380 e. The van der Waals surface area contributed by atoms with E-state index in [4.69, 9.17) is 5.10 Å². The van der Waals surface area contributed by atoms with E-state index in [0.717, 1.165) is 42.1 Å². The van der Waals surface area contributed by atoms with Crippen LogP contribution in [0.25, 0.3) is 0 Å². The molecule has 3 aromatic rings. The Kier molecular flexibility index (Phi) is 8.45. The van der Waals surface area contributed by atoms with Gasteiger partial charge in [0.05, 0.1) is 17.3 Å². The first kappa shape index (κ1) is 28.4. The SMILES string of the molecule is CC(=O)Nc1ccc(C)c(CCc2cc(NC(=O)c3ccc(NC4CN(C(C)C)C4)cc3)n(C(C)(C)C)n2)c1. The second kappa shape index (κ2) is 11.6. The second-order valence-electron chi connectivity index (χ2n) is 11.8. The lowest BCUT2D eigenvalue weighted by molar-refractivity contribution is -0.114. The third-order valence-corrected chi connectivity index (χ3v) is 7.11. The zero-order valence-electron chi connectivity index (χ0n) is 24.3. The summed E-state index contributed by atoms with van der Waals surface area (Å²) in [6, 6.07) is 16.6. The van der Waals surface area contributed by atoms with Crippen molar-refractivity contribution in [2.24, 2.45) is 0 Å². The summed E-state index contributed by atoms with van der Waals surface area (Å²) in [4.78, 5) is 27.0. The summed E-state index contributed by atoms with van der Waals surface area (Å²) in [5.74, 6) is 0.431. The lowest BCUT2D eigenvalue weighted by Crippen LogP contribution is -2.57. The van der Waals surface area contributed by atoms with Crippen LogP contribution in [-0.4, -0.2) is 51.7 Å². The highest BCUT2D eigenvalue weighted by Gasteiger charge is 2.28. The molecule has 0 radical (unpaired) electrons. The van der Waals surface area contributed by atoms with E-state index in [0.29, 0.717) is 29.9 Å². The van der Waals surface area contributed by atoms with E-state index in [1.54, 1.807) is 0 Å². The average molecular weight is 531 g/mol. The van der Waals surface area contributed by atoms with E-state index in [1.807, 2.05) is 53.2 Å². The van der Waals surface area contributed by atoms with Crippen molar-refractivity contribution in [3.8, 4) is 0 Å².